The third-order valence-electron chi connectivity index (χ3n) is 6.21. The number of nitrogens with zero attached hydrogens (tertiary/aromatic N) is 6. The fraction of sp³-hybridized carbons (Fsp3) is 0.455. The van der Waals surface area contributed by atoms with E-state index in [1.807, 2.05) is 30.6 Å². The molecule has 1 fully saturated rings. The van der Waals surface area contributed by atoms with Gasteiger partial charge in [-0.2, -0.15) is 4.98 Å². The van der Waals surface area contributed by atoms with Gasteiger partial charge in [-0.15, -0.1) is 5.10 Å². The third kappa shape index (κ3) is 3.69. The normalized spacial score (nSPS) is 20.2. The van der Waals surface area contributed by atoms with E-state index in [-0.39, 0.29) is 12.2 Å². The van der Waals surface area contributed by atoms with Gasteiger partial charge >= 0.3 is 0 Å². The Morgan fingerprint density at radius 1 is 1.26 bits per heavy atom. The van der Waals surface area contributed by atoms with E-state index in [4.69, 9.17) is 6.11 Å². The molecule has 0 saturated heterocycles. The Labute approximate surface area is 181 Å². The lowest BCUT2D eigenvalue weighted by molar-refractivity contribution is -0.000418. The van der Waals surface area contributed by atoms with E-state index >= 15 is 0 Å². The molecule has 0 aromatic carbocycles. The van der Waals surface area contributed by atoms with Crippen molar-refractivity contribution in [3.8, 4) is 17.0 Å². The zero-order valence-corrected chi connectivity index (χ0v) is 17.9. The second-order valence-electron chi connectivity index (χ2n) is 8.72. The fourth-order valence-corrected chi connectivity index (χ4v) is 4.43. The van der Waals surface area contributed by atoms with Crippen molar-refractivity contribution >= 4 is 17.2 Å². The highest BCUT2D eigenvalue weighted by Crippen LogP contribution is 2.34. The van der Waals surface area contributed by atoms with Crippen LogP contribution in [0.4, 0.5) is 5.95 Å². The summed E-state index contributed by atoms with van der Waals surface area (Å²) in [6.45, 7) is 3.76. The number of fused-ring (bicyclic) bond motifs is 2. The SMILES string of the molecule is [2H]c1cc(-c2cnc3nccn3c2)c2c(OC)nc(N[C@H]3CC[C@H](C(C)(C)O)CC3)nn12. The first-order valence-electron chi connectivity index (χ1n) is 11.1. The maximum Gasteiger partial charge on any atom is 0.244 e. The molecule has 1 aliphatic rings. The molecule has 0 spiro atoms. The lowest BCUT2D eigenvalue weighted by atomic mass is 9.77. The molecule has 9 heteroatoms. The van der Waals surface area contributed by atoms with Crippen molar-refractivity contribution in [1.29, 1.82) is 0 Å². The third-order valence-corrected chi connectivity index (χ3v) is 6.21. The average Bonchev–Trinajstić information content (AvgIpc) is 3.37. The topological polar surface area (TPSA) is 102 Å². The Balaban J connectivity index is 1.46. The van der Waals surface area contributed by atoms with Crippen LogP contribution in [-0.2, 0) is 0 Å². The summed E-state index contributed by atoms with van der Waals surface area (Å²) >= 11 is 0. The quantitative estimate of drug-likeness (QED) is 0.509. The Morgan fingerprint density at radius 2 is 2.06 bits per heavy atom. The number of hydrogen-bond acceptors (Lipinski definition) is 7. The van der Waals surface area contributed by atoms with Gasteiger partial charge in [0, 0.05) is 48.1 Å². The maximum absolute atomic E-state index is 10.3. The number of nitrogens with one attached hydrogen (secondary N) is 1. The van der Waals surface area contributed by atoms with Crippen LogP contribution in [-0.4, -0.2) is 52.8 Å². The van der Waals surface area contributed by atoms with Gasteiger partial charge < -0.3 is 15.2 Å². The molecule has 2 N–H and O–H groups in total. The highest BCUT2D eigenvalue weighted by molar-refractivity contribution is 5.84. The fourth-order valence-electron chi connectivity index (χ4n) is 4.43. The smallest absolute Gasteiger partial charge is 0.244 e. The van der Waals surface area contributed by atoms with Crippen LogP contribution < -0.4 is 10.1 Å². The molecule has 1 aliphatic carbocycles. The lowest BCUT2D eigenvalue weighted by Gasteiger charge is -2.36. The molecule has 0 atom stereocenters. The Kier molecular flexibility index (Phi) is 4.48. The van der Waals surface area contributed by atoms with Crippen molar-refractivity contribution in [2.45, 2.75) is 51.2 Å². The van der Waals surface area contributed by atoms with E-state index in [2.05, 4.69) is 25.4 Å². The van der Waals surface area contributed by atoms with E-state index < -0.39 is 5.60 Å². The van der Waals surface area contributed by atoms with Gasteiger partial charge in [0.2, 0.25) is 17.6 Å². The van der Waals surface area contributed by atoms with E-state index in [9.17, 15) is 5.11 Å². The van der Waals surface area contributed by atoms with Crippen LogP contribution >= 0.6 is 0 Å². The molecular weight excluding hydrogens is 394 g/mol. The van der Waals surface area contributed by atoms with Crippen molar-refractivity contribution in [1.82, 2.24) is 29.0 Å². The molecule has 0 bridgehead atoms. The predicted molar refractivity (Wildman–Crippen MR) is 117 cm³/mol. The van der Waals surface area contributed by atoms with E-state index in [0.717, 1.165) is 36.8 Å². The maximum atomic E-state index is 10.3. The van der Waals surface area contributed by atoms with Gasteiger partial charge in [-0.3, -0.25) is 4.40 Å². The molecule has 4 aromatic heterocycles. The van der Waals surface area contributed by atoms with Crippen LogP contribution in [0.25, 0.3) is 22.4 Å². The monoisotopic (exact) mass is 422 g/mol. The van der Waals surface area contributed by atoms with Crippen LogP contribution in [0.2, 0.25) is 0 Å². The second kappa shape index (κ2) is 7.49. The minimum absolute atomic E-state index is 0.216. The number of aliphatic hydroxyl groups is 1. The minimum atomic E-state index is -0.653. The molecule has 4 heterocycles. The molecule has 0 radical (unpaired) electrons. The van der Waals surface area contributed by atoms with Gasteiger partial charge in [-0.25, -0.2) is 14.5 Å². The lowest BCUT2D eigenvalue weighted by Crippen LogP contribution is -2.37. The zero-order chi connectivity index (χ0) is 22.5. The molecular formula is C22H27N7O2. The summed E-state index contributed by atoms with van der Waals surface area (Å²) in [6, 6.07) is 1.96. The largest absolute Gasteiger partial charge is 0.479 e. The van der Waals surface area contributed by atoms with E-state index in [0.29, 0.717) is 29.0 Å². The second-order valence-corrected chi connectivity index (χ2v) is 8.72. The number of hydrogen-bond donors (Lipinski definition) is 2. The first-order chi connectivity index (χ1) is 15.3. The number of imidazole rings is 1. The number of aromatic nitrogens is 6. The molecule has 5 rings (SSSR count). The molecule has 1 saturated carbocycles. The molecule has 4 aromatic rings. The van der Waals surface area contributed by atoms with Crippen molar-refractivity contribution in [2.75, 3.05) is 12.4 Å². The molecule has 0 amide bonds. The average molecular weight is 423 g/mol. The Bertz CT molecular complexity index is 1270. The van der Waals surface area contributed by atoms with Crippen LogP contribution in [0.5, 0.6) is 5.88 Å². The molecule has 162 valence electrons. The summed E-state index contributed by atoms with van der Waals surface area (Å²) < 4.78 is 17.4. The molecule has 0 unspecified atom stereocenters. The summed E-state index contributed by atoms with van der Waals surface area (Å²) in [7, 11) is 1.57. The molecule has 9 nitrogen and oxygen atoms in total. The summed E-state index contributed by atoms with van der Waals surface area (Å²) in [6.07, 6.45) is 11.1. The van der Waals surface area contributed by atoms with E-state index in [1.165, 1.54) is 0 Å². The van der Waals surface area contributed by atoms with Crippen molar-refractivity contribution < 1.29 is 11.2 Å². The van der Waals surface area contributed by atoms with Gasteiger partial charge in [0.05, 0.1) is 14.1 Å². The van der Waals surface area contributed by atoms with E-state index in [1.54, 1.807) is 30.1 Å². The number of rotatable bonds is 5. The molecule has 0 aliphatic heterocycles. The summed E-state index contributed by atoms with van der Waals surface area (Å²) in [4.78, 5) is 13.2. The minimum Gasteiger partial charge on any atom is -0.479 e. The number of methoxy groups -OCH3 is 1. The first kappa shape index (κ1) is 18.6. The highest BCUT2D eigenvalue weighted by Gasteiger charge is 2.31. The van der Waals surface area contributed by atoms with Crippen LogP contribution in [0.15, 0.2) is 37.0 Å². The standard InChI is InChI=1S/C22H27N7O2/c1-22(2,30)15-4-6-16(7-5-15)25-20-26-19(31-3)18-17(8-10-29(18)27-20)14-12-24-21-23-9-11-28(21)13-14/h8-13,15-16,30H,4-7H2,1-3H3,(H,25,27)/t15-,16-/i10D. The van der Waals surface area contributed by atoms with Crippen molar-refractivity contribution in [3.63, 3.8) is 0 Å². The Hall–Kier alpha value is -3.20. The van der Waals surface area contributed by atoms with Crippen molar-refractivity contribution in [2.24, 2.45) is 5.92 Å². The number of ether oxygens (including phenoxy) is 1. The van der Waals surface area contributed by atoms with Gasteiger partial charge in [-0.1, -0.05) is 0 Å². The van der Waals surface area contributed by atoms with Gasteiger partial charge in [0.25, 0.3) is 0 Å². The van der Waals surface area contributed by atoms with Gasteiger partial charge in [0.15, 0.2) is 0 Å². The predicted octanol–water partition coefficient (Wildman–Crippen LogP) is 3.19. The van der Waals surface area contributed by atoms with Crippen molar-refractivity contribution in [3.05, 3.63) is 37.0 Å². The number of anilines is 1. The van der Waals surface area contributed by atoms with Gasteiger partial charge in [-0.05, 0) is 51.5 Å². The summed E-state index contributed by atoms with van der Waals surface area (Å²) in [5.41, 5.74) is 1.56. The summed E-state index contributed by atoms with van der Waals surface area (Å²) in [5, 5.41) is 18.3. The summed E-state index contributed by atoms with van der Waals surface area (Å²) in [5.74, 6) is 1.73. The van der Waals surface area contributed by atoms with Crippen LogP contribution in [0, 0.1) is 5.92 Å². The van der Waals surface area contributed by atoms with Crippen LogP contribution in [0.1, 0.15) is 40.9 Å². The molecule has 31 heavy (non-hydrogen) atoms. The highest BCUT2D eigenvalue weighted by atomic mass is 16.5. The zero-order valence-electron chi connectivity index (χ0n) is 18.9. The first-order valence-corrected chi connectivity index (χ1v) is 10.6. The van der Waals surface area contributed by atoms with Gasteiger partial charge in [0.1, 0.15) is 5.52 Å². The Morgan fingerprint density at radius 3 is 2.81 bits per heavy atom. The van der Waals surface area contributed by atoms with Crippen LogP contribution in [0.3, 0.4) is 0 Å².